The van der Waals surface area contributed by atoms with E-state index in [1.165, 1.54) is 11.3 Å². The van der Waals surface area contributed by atoms with Gasteiger partial charge in [0, 0.05) is 10.6 Å². The quantitative estimate of drug-likeness (QED) is 0.361. The van der Waals surface area contributed by atoms with Crippen LogP contribution in [0.1, 0.15) is 37.3 Å². The van der Waals surface area contributed by atoms with Gasteiger partial charge in [0.2, 0.25) is 5.91 Å². The number of carbonyl (C=O) groups excluding carboxylic acids is 2. The average molecular weight is 461 g/mol. The van der Waals surface area contributed by atoms with Crippen LogP contribution in [0.4, 0.5) is 5.69 Å². The number of nitrogens with zero attached hydrogens (tertiary/aromatic N) is 1. The van der Waals surface area contributed by atoms with Gasteiger partial charge in [0.15, 0.2) is 0 Å². The minimum absolute atomic E-state index is 0.192. The summed E-state index contributed by atoms with van der Waals surface area (Å²) in [4.78, 5) is 30.6. The van der Waals surface area contributed by atoms with Gasteiger partial charge in [0.05, 0.1) is 11.4 Å². The van der Waals surface area contributed by atoms with E-state index in [0.717, 1.165) is 21.6 Å². The molecule has 0 aliphatic heterocycles. The summed E-state index contributed by atoms with van der Waals surface area (Å²) >= 11 is 2.97. The summed E-state index contributed by atoms with van der Waals surface area (Å²) in [5.41, 5.74) is 3.58. The van der Waals surface area contributed by atoms with E-state index in [1.54, 1.807) is 22.3 Å². The Balaban J connectivity index is 1.78. The van der Waals surface area contributed by atoms with E-state index in [-0.39, 0.29) is 11.8 Å². The zero-order valence-corrected chi connectivity index (χ0v) is 19.6. The third kappa shape index (κ3) is 4.98. The Labute approximate surface area is 196 Å². The molecule has 0 saturated carbocycles. The second-order valence-corrected chi connectivity index (χ2v) is 9.58. The van der Waals surface area contributed by atoms with Gasteiger partial charge in [-0.25, -0.2) is 0 Å². The molecular weight excluding hydrogens is 436 g/mol. The predicted octanol–water partition coefficient (Wildman–Crippen LogP) is 6.13. The van der Waals surface area contributed by atoms with Crippen molar-refractivity contribution in [1.82, 2.24) is 5.32 Å². The van der Waals surface area contributed by atoms with Crippen LogP contribution in [0.5, 0.6) is 0 Å². The fourth-order valence-electron chi connectivity index (χ4n) is 3.53. The lowest BCUT2D eigenvalue weighted by atomic mass is 10.0. The van der Waals surface area contributed by atoms with E-state index in [1.807, 2.05) is 91.3 Å². The highest BCUT2D eigenvalue weighted by molar-refractivity contribution is 7.12. The molecule has 0 radical (unpaired) electrons. The van der Waals surface area contributed by atoms with Crippen molar-refractivity contribution in [3.63, 3.8) is 0 Å². The van der Waals surface area contributed by atoms with Gasteiger partial charge >= 0.3 is 0 Å². The highest BCUT2D eigenvalue weighted by atomic mass is 32.1. The zero-order chi connectivity index (χ0) is 22.5. The van der Waals surface area contributed by atoms with E-state index in [4.69, 9.17) is 0 Å². The van der Waals surface area contributed by atoms with E-state index in [2.05, 4.69) is 5.32 Å². The lowest BCUT2D eigenvalue weighted by molar-refractivity contribution is -0.122. The second kappa shape index (κ2) is 9.94. The first-order chi connectivity index (χ1) is 15.5. The average Bonchev–Trinajstić information content (AvgIpc) is 3.50. The summed E-state index contributed by atoms with van der Waals surface area (Å²) in [6, 6.07) is 22.3. The molecule has 0 saturated heterocycles. The Morgan fingerprint density at radius 2 is 1.62 bits per heavy atom. The molecule has 0 unspecified atom stereocenters. The first-order valence-corrected chi connectivity index (χ1v) is 12.1. The molecule has 0 aliphatic rings. The van der Waals surface area contributed by atoms with Crippen LogP contribution in [-0.4, -0.2) is 11.8 Å². The van der Waals surface area contributed by atoms with Crippen LogP contribution < -0.4 is 10.2 Å². The molecule has 2 amide bonds. The standard InChI is InChI=1S/C26H24N2O2S2/c1-18-10-12-20(13-11-18)24(25(29)27-17-22-8-4-14-31-22)28(21-7-3-6-19(2)16-21)26(30)23-9-5-15-32-23/h3-16,24H,17H2,1-2H3,(H,27,29)/t24-/m0/s1. The van der Waals surface area contributed by atoms with Gasteiger partial charge in [-0.1, -0.05) is 54.1 Å². The predicted molar refractivity (Wildman–Crippen MR) is 132 cm³/mol. The molecule has 2 aromatic carbocycles. The molecule has 162 valence electrons. The Morgan fingerprint density at radius 1 is 0.875 bits per heavy atom. The van der Waals surface area contributed by atoms with Crippen molar-refractivity contribution in [2.24, 2.45) is 0 Å². The number of carbonyl (C=O) groups is 2. The molecule has 4 aromatic rings. The molecule has 0 bridgehead atoms. The number of hydrogen-bond acceptors (Lipinski definition) is 4. The van der Waals surface area contributed by atoms with Crippen LogP contribution in [0, 0.1) is 13.8 Å². The van der Waals surface area contributed by atoms with Crippen molar-refractivity contribution < 1.29 is 9.59 Å². The van der Waals surface area contributed by atoms with Crippen molar-refractivity contribution in [3.8, 4) is 0 Å². The van der Waals surface area contributed by atoms with Crippen LogP contribution in [-0.2, 0) is 11.3 Å². The summed E-state index contributed by atoms with van der Waals surface area (Å²) in [7, 11) is 0. The number of thiophene rings is 2. The largest absolute Gasteiger partial charge is 0.349 e. The fraction of sp³-hybridized carbons (Fsp3) is 0.154. The van der Waals surface area contributed by atoms with Crippen molar-refractivity contribution in [3.05, 3.63) is 110 Å². The number of benzene rings is 2. The van der Waals surface area contributed by atoms with Gasteiger partial charge < -0.3 is 5.32 Å². The number of anilines is 1. The minimum atomic E-state index is -0.799. The molecular formula is C26H24N2O2S2. The van der Waals surface area contributed by atoms with Gasteiger partial charge in [-0.2, -0.15) is 0 Å². The van der Waals surface area contributed by atoms with Crippen molar-refractivity contribution >= 4 is 40.2 Å². The second-order valence-electron chi connectivity index (χ2n) is 7.60. The molecule has 4 nitrogen and oxygen atoms in total. The smallest absolute Gasteiger partial charge is 0.269 e. The van der Waals surface area contributed by atoms with Crippen molar-refractivity contribution in [1.29, 1.82) is 0 Å². The van der Waals surface area contributed by atoms with Gasteiger partial charge in [0.1, 0.15) is 6.04 Å². The minimum Gasteiger partial charge on any atom is -0.349 e. The van der Waals surface area contributed by atoms with Crippen LogP contribution in [0.2, 0.25) is 0 Å². The highest BCUT2D eigenvalue weighted by Gasteiger charge is 2.33. The van der Waals surface area contributed by atoms with Gasteiger partial charge in [-0.15, -0.1) is 22.7 Å². The lowest BCUT2D eigenvalue weighted by Crippen LogP contribution is -2.43. The molecule has 0 fully saturated rings. The normalized spacial score (nSPS) is 11.7. The van der Waals surface area contributed by atoms with Gasteiger partial charge in [0.25, 0.3) is 5.91 Å². The summed E-state index contributed by atoms with van der Waals surface area (Å²) in [5.74, 6) is -0.406. The Kier molecular flexibility index (Phi) is 6.83. The van der Waals surface area contributed by atoms with E-state index in [0.29, 0.717) is 17.1 Å². The summed E-state index contributed by atoms with van der Waals surface area (Å²) in [6.45, 7) is 4.41. The molecule has 0 spiro atoms. The first kappa shape index (κ1) is 22.0. The monoisotopic (exact) mass is 460 g/mol. The number of aryl methyl sites for hydroxylation is 2. The lowest BCUT2D eigenvalue weighted by Gasteiger charge is -2.31. The molecule has 2 aromatic heterocycles. The van der Waals surface area contributed by atoms with Crippen molar-refractivity contribution in [2.45, 2.75) is 26.4 Å². The number of hydrogen-bond donors (Lipinski definition) is 1. The zero-order valence-electron chi connectivity index (χ0n) is 17.9. The maximum absolute atomic E-state index is 13.7. The summed E-state index contributed by atoms with van der Waals surface area (Å²) < 4.78 is 0. The van der Waals surface area contributed by atoms with Crippen LogP contribution in [0.25, 0.3) is 0 Å². The number of amides is 2. The maximum atomic E-state index is 13.7. The summed E-state index contributed by atoms with van der Waals surface area (Å²) in [6.07, 6.45) is 0. The van der Waals surface area contributed by atoms with Crippen LogP contribution in [0.15, 0.2) is 83.6 Å². The maximum Gasteiger partial charge on any atom is 0.269 e. The molecule has 6 heteroatoms. The number of nitrogens with one attached hydrogen (secondary N) is 1. The molecule has 32 heavy (non-hydrogen) atoms. The SMILES string of the molecule is Cc1ccc([C@@H](C(=O)NCc2cccs2)N(C(=O)c2cccs2)c2cccc(C)c2)cc1. The molecule has 1 N–H and O–H groups in total. The van der Waals surface area contributed by atoms with Gasteiger partial charge in [-0.05, 0) is 60.0 Å². The highest BCUT2D eigenvalue weighted by Crippen LogP contribution is 2.31. The van der Waals surface area contributed by atoms with E-state index < -0.39 is 6.04 Å². The summed E-state index contributed by atoms with van der Waals surface area (Å²) in [5, 5.41) is 6.90. The van der Waals surface area contributed by atoms with Crippen LogP contribution in [0.3, 0.4) is 0 Å². The third-order valence-corrected chi connectivity index (χ3v) is 6.88. The molecule has 0 aliphatic carbocycles. The first-order valence-electron chi connectivity index (χ1n) is 10.3. The Hall–Kier alpha value is -3.22. The van der Waals surface area contributed by atoms with Gasteiger partial charge in [-0.3, -0.25) is 14.5 Å². The Morgan fingerprint density at radius 3 is 2.28 bits per heavy atom. The third-order valence-electron chi connectivity index (χ3n) is 5.15. The van der Waals surface area contributed by atoms with Crippen molar-refractivity contribution in [2.75, 3.05) is 4.90 Å². The topological polar surface area (TPSA) is 49.4 Å². The van der Waals surface area contributed by atoms with E-state index >= 15 is 0 Å². The fourth-order valence-corrected chi connectivity index (χ4v) is 4.84. The Bertz CT molecular complexity index is 1180. The molecule has 2 heterocycles. The number of rotatable bonds is 7. The molecule has 1 atom stereocenters. The van der Waals surface area contributed by atoms with Crippen LogP contribution >= 0.6 is 22.7 Å². The molecule has 4 rings (SSSR count). The van der Waals surface area contributed by atoms with E-state index in [9.17, 15) is 9.59 Å².